The van der Waals surface area contributed by atoms with Crippen molar-refractivity contribution in [3.8, 4) is 22.6 Å². The van der Waals surface area contributed by atoms with E-state index < -0.39 is 10.0 Å². The minimum absolute atomic E-state index is 0.177. The van der Waals surface area contributed by atoms with E-state index in [9.17, 15) is 8.42 Å². The Balaban J connectivity index is 1.76. The highest BCUT2D eigenvalue weighted by Gasteiger charge is 2.23. The first-order valence-electron chi connectivity index (χ1n) is 9.96. The van der Waals surface area contributed by atoms with Crippen LogP contribution in [0.4, 0.5) is 11.4 Å². The fourth-order valence-electron chi connectivity index (χ4n) is 3.77. The molecule has 0 atom stereocenters. The molecular formula is C24H18ClN5O2S. The number of anilines is 2. The maximum Gasteiger partial charge on any atom is 0.268 e. The third-order valence-corrected chi connectivity index (χ3v) is 7.29. The molecular weight excluding hydrogens is 458 g/mol. The minimum Gasteiger partial charge on any atom is -0.398 e. The number of nitrogen functional groups attached to an aromatic ring is 2. The number of nitrogens with zero attached hydrogens (tertiary/aromatic N) is 3. The number of benzene rings is 3. The van der Waals surface area contributed by atoms with Gasteiger partial charge in [-0.1, -0.05) is 54.1 Å². The first kappa shape index (κ1) is 21.0. The van der Waals surface area contributed by atoms with Crippen LogP contribution in [0.15, 0.2) is 90.1 Å². The molecule has 164 valence electrons. The summed E-state index contributed by atoms with van der Waals surface area (Å²) in [7, 11) is -3.85. The summed E-state index contributed by atoms with van der Waals surface area (Å²) in [6.45, 7) is 0. The van der Waals surface area contributed by atoms with Crippen LogP contribution in [0.2, 0.25) is 5.02 Å². The normalized spacial score (nSPS) is 11.7. The lowest BCUT2D eigenvalue weighted by molar-refractivity contribution is 0.589. The van der Waals surface area contributed by atoms with Gasteiger partial charge >= 0.3 is 0 Å². The van der Waals surface area contributed by atoms with Gasteiger partial charge in [0.1, 0.15) is 0 Å². The van der Waals surface area contributed by atoms with Crippen LogP contribution in [0, 0.1) is 0 Å². The van der Waals surface area contributed by atoms with Crippen LogP contribution < -0.4 is 11.5 Å². The van der Waals surface area contributed by atoms with E-state index in [1.165, 1.54) is 16.4 Å². The van der Waals surface area contributed by atoms with Crippen molar-refractivity contribution in [2.45, 2.75) is 4.90 Å². The van der Waals surface area contributed by atoms with Gasteiger partial charge in [-0.15, -0.1) is 0 Å². The van der Waals surface area contributed by atoms with Crippen LogP contribution in [0.1, 0.15) is 0 Å². The maximum absolute atomic E-state index is 13.4. The standard InChI is InChI=1S/C24H18ClN5O2S/c25-18-13-28-24(22-19(26)10-6-11-20(22)27)29-23(18)17-14-30(21-12-5-4-9-16(17)21)33(31,32)15-7-2-1-3-8-15/h1-14H,26-27H2. The second-order valence-electron chi connectivity index (χ2n) is 7.38. The van der Waals surface area contributed by atoms with E-state index in [-0.39, 0.29) is 9.92 Å². The Morgan fingerprint density at radius 2 is 1.52 bits per heavy atom. The number of fused-ring (bicyclic) bond motifs is 1. The Morgan fingerprint density at radius 3 is 2.24 bits per heavy atom. The van der Waals surface area contributed by atoms with Gasteiger partial charge < -0.3 is 11.5 Å². The van der Waals surface area contributed by atoms with Gasteiger partial charge in [-0.05, 0) is 30.3 Å². The van der Waals surface area contributed by atoms with Crippen molar-refractivity contribution in [2.75, 3.05) is 11.5 Å². The predicted molar refractivity (Wildman–Crippen MR) is 131 cm³/mol. The predicted octanol–water partition coefficient (Wildman–Crippen LogP) is 4.82. The molecule has 33 heavy (non-hydrogen) atoms. The summed E-state index contributed by atoms with van der Waals surface area (Å²) in [5.41, 5.74) is 15.0. The molecule has 4 N–H and O–H groups in total. The van der Waals surface area contributed by atoms with E-state index >= 15 is 0 Å². The van der Waals surface area contributed by atoms with E-state index in [0.29, 0.717) is 44.9 Å². The number of halogens is 1. The van der Waals surface area contributed by atoms with Crippen molar-refractivity contribution in [3.05, 3.63) is 90.2 Å². The highest BCUT2D eigenvalue weighted by Crippen LogP contribution is 2.37. The van der Waals surface area contributed by atoms with Crippen molar-refractivity contribution < 1.29 is 8.42 Å². The molecule has 0 radical (unpaired) electrons. The smallest absolute Gasteiger partial charge is 0.268 e. The van der Waals surface area contributed by atoms with Gasteiger partial charge in [-0.25, -0.2) is 22.4 Å². The molecule has 5 aromatic rings. The summed E-state index contributed by atoms with van der Waals surface area (Å²) in [6, 6.07) is 20.6. The summed E-state index contributed by atoms with van der Waals surface area (Å²) in [6.07, 6.45) is 2.99. The third kappa shape index (κ3) is 3.49. The SMILES string of the molecule is Nc1cccc(N)c1-c1ncc(Cl)c(-c2cn(S(=O)(=O)c3ccccc3)c3ccccc23)n1. The van der Waals surface area contributed by atoms with E-state index in [2.05, 4.69) is 9.97 Å². The molecule has 3 aromatic carbocycles. The van der Waals surface area contributed by atoms with E-state index in [0.717, 1.165) is 0 Å². The Kier molecular flexibility index (Phi) is 5.03. The minimum atomic E-state index is -3.85. The number of rotatable bonds is 4. The van der Waals surface area contributed by atoms with Gasteiger partial charge in [0.25, 0.3) is 10.0 Å². The number of nitrogens with two attached hydrogens (primary N) is 2. The first-order valence-corrected chi connectivity index (χ1v) is 11.8. The Hall–Kier alpha value is -3.88. The lowest BCUT2D eigenvalue weighted by Crippen LogP contribution is -2.11. The van der Waals surface area contributed by atoms with Gasteiger partial charge in [-0.3, -0.25) is 0 Å². The summed E-state index contributed by atoms with van der Waals surface area (Å²) in [5.74, 6) is 0.299. The van der Waals surface area contributed by atoms with E-state index in [1.807, 2.05) is 12.1 Å². The molecule has 0 bridgehead atoms. The van der Waals surface area contributed by atoms with Crippen LogP contribution in [0.25, 0.3) is 33.5 Å². The molecule has 2 heterocycles. The van der Waals surface area contributed by atoms with Crippen molar-refractivity contribution in [1.82, 2.24) is 13.9 Å². The molecule has 0 unspecified atom stereocenters. The largest absolute Gasteiger partial charge is 0.398 e. The average molecular weight is 476 g/mol. The zero-order valence-corrected chi connectivity index (χ0v) is 18.8. The zero-order chi connectivity index (χ0) is 23.2. The number of hydrogen-bond donors (Lipinski definition) is 2. The molecule has 5 rings (SSSR count). The molecule has 0 aliphatic rings. The molecule has 0 spiro atoms. The van der Waals surface area contributed by atoms with Crippen LogP contribution in [-0.4, -0.2) is 22.4 Å². The summed E-state index contributed by atoms with van der Waals surface area (Å²) in [5, 5.41) is 0.949. The van der Waals surface area contributed by atoms with Crippen molar-refractivity contribution in [3.63, 3.8) is 0 Å². The number of para-hydroxylation sites is 1. The topological polar surface area (TPSA) is 117 Å². The van der Waals surface area contributed by atoms with E-state index in [4.69, 9.17) is 23.1 Å². The van der Waals surface area contributed by atoms with Crippen molar-refractivity contribution in [2.24, 2.45) is 0 Å². The highest BCUT2D eigenvalue weighted by molar-refractivity contribution is 7.90. The summed E-state index contributed by atoms with van der Waals surface area (Å²) < 4.78 is 28.1. The molecule has 9 heteroatoms. The number of aromatic nitrogens is 3. The second-order valence-corrected chi connectivity index (χ2v) is 9.60. The van der Waals surface area contributed by atoms with Crippen molar-refractivity contribution in [1.29, 1.82) is 0 Å². The highest BCUT2D eigenvalue weighted by atomic mass is 35.5. The molecule has 0 saturated carbocycles. The molecule has 2 aromatic heterocycles. The van der Waals surface area contributed by atoms with E-state index in [1.54, 1.807) is 60.7 Å². The Morgan fingerprint density at radius 1 is 0.848 bits per heavy atom. The quantitative estimate of drug-likeness (QED) is 0.360. The molecule has 0 saturated heterocycles. The third-order valence-electron chi connectivity index (χ3n) is 5.33. The zero-order valence-electron chi connectivity index (χ0n) is 17.2. The van der Waals surface area contributed by atoms with Gasteiger partial charge in [0.05, 0.1) is 32.9 Å². The number of hydrogen-bond acceptors (Lipinski definition) is 6. The lowest BCUT2D eigenvalue weighted by Gasteiger charge is -2.10. The monoisotopic (exact) mass is 475 g/mol. The van der Waals surface area contributed by atoms with Gasteiger partial charge in [0.15, 0.2) is 5.82 Å². The van der Waals surface area contributed by atoms with Crippen molar-refractivity contribution >= 4 is 43.9 Å². The molecule has 0 aliphatic carbocycles. The summed E-state index contributed by atoms with van der Waals surface area (Å²) >= 11 is 6.49. The molecule has 0 fully saturated rings. The average Bonchev–Trinajstić information content (AvgIpc) is 3.21. The maximum atomic E-state index is 13.4. The second kappa shape index (κ2) is 7.91. The fraction of sp³-hybridized carbons (Fsp3) is 0. The molecule has 0 aliphatic heterocycles. The fourth-order valence-corrected chi connectivity index (χ4v) is 5.35. The van der Waals surface area contributed by atoms with Gasteiger partial charge in [-0.2, -0.15) is 0 Å². The Bertz CT molecular complexity index is 1600. The first-order chi connectivity index (χ1) is 15.9. The van der Waals surface area contributed by atoms with Crippen LogP contribution >= 0.6 is 11.6 Å². The van der Waals surface area contributed by atoms with Crippen LogP contribution in [-0.2, 0) is 10.0 Å². The van der Waals surface area contributed by atoms with Crippen LogP contribution in [0.5, 0.6) is 0 Å². The molecule has 0 amide bonds. The van der Waals surface area contributed by atoms with Crippen LogP contribution in [0.3, 0.4) is 0 Å². The van der Waals surface area contributed by atoms with Gasteiger partial charge in [0, 0.05) is 28.5 Å². The molecule has 7 nitrogen and oxygen atoms in total. The lowest BCUT2D eigenvalue weighted by atomic mass is 10.1. The summed E-state index contributed by atoms with van der Waals surface area (Å²) in [4.78, 5) is 9.13. The van der Waals surface area contributed by atoms with Gasteiger partial charge in [0.2, 0.25) is 0 Å². The Labute approximate surface area is 195 Å².